The van der Waals surface area contributed by atoms with Gasteiger partial charge in [-0.05, 0) is 40.0 Å². The van der Waals surface area contributed by atoms with Crippen molar-refractivity contribution in [1.82, 2.24) is 14.0 Å². The van der Waals surface area contributed by atoms with E-state index in [1.807, 2.05) is 14.1 Å². The minimum Gasteiger partial charge on any atom is -0.258 e. The molecule has 0 amide bonds. The van der Waals surface area contributed by atoms with Crippen LogP contribution in [0, 0.1) is 18.3 Å². The van der Waals surface area contributed by atoms with E-state index in [-0.39, 0.29) is 0 Å². The van der Waals surface area contributed by atoms with E-state index < -0.39 is 6.49 Å². The molecule has 0 aromatic rings. The van der Waals surface area contributed by atoms with Crippen molar-refractivity contribution in [1.29, 1.82) is 0 Å². The lowest BCUT2D eigenvalue weighted by molar-refractivity contribution is 0.307. The summed E-state index contributed by atoms with van der Waals surface area (Å²) in [5, 5.41) is 0. The molecule has 1 aliphatic heterocycles. The van der Waals surface area contributed by atoms with Crippen LogP contribution >= 0.6 is 6.49 Å². The van der Waals surface area contributed by atoms with Crippen molar-refractivity contribution in [2.75, 3.05) is 41.3 Å². The van der Waals surface area contributed by atoms with Gasteiger partial charge in [0.05, 0.1) is 0 Å². The third-order valence-electron chi connectivity index (χ3n) is 2.62. The summed E-state index contributed by atoms with van der Waals surface area (Å²) in [5.74, 6) is 3.12. The average molecular weight is 231 g/mol. The van der Waals surface area contributed by atoms with Gasteiger partial charge >= 0.3 is 0 Å². The Hall–Kier alpha value is 0.0900. The third kappa shape index (κ3) is 1.88. The Bertz CT molecular complexity index is 281. The van der Waals surface area contributed by atoms with Gasteiger partial charge < -0.3 is 0 Å². The first kappa shape index (κ1) is 12.2. The fourth-order valence-electron chi connectivity index (χ4n) is 1.89. The van der Waals surface area contributed by atoms with Gasteiger partial charge in [0.25, 0.3) is 0 Å². The molecule has 3 nitrogen and oxygen atoms in total. The molecule has 1 rings (SSSR count). The van der Waals surface area contributed by atoms with Crippen LogP contribution in [0.25, 0.3) is 0 Å². The van der Waals surface area contributed by atoms with Crippen molar-refractivity contribution in [2.45, 2.75) is 0 Å². The van der Waals surface area contributed by atoms with Crippen LogP contribution in [0.1, 0.15) is 0 Å². The summed E-state index contributed by atoms with van der Waals surface area (Å²) in [6.07, 6.45) is 5.45. The van der Waals surface area contributed by atoms with Gasteiger partial charge in [-0.15, -0.1) is 12.3 Å². The predicted octanol–water partition coefficient (Wildman–Crippen LogP) is 0.899. The molecule has 0 radical (unpaired) electrons. The SMILES string of the molecule is C#CC1CN(C)P(=S)(N(C)C)N(C)C1. The van der Waals surface area contributed by atoms with Gasteiger partial charge in [0, 0.05) is 19.0 Å². The van der Waals surface area contributed by atoms with Crippen molar-refractivity contribution in [2.24, 2.45) is 5.92 Å². The minimum atomic E-state index is -1.68. The largest absolute Gasteiger partial charge is 0.258 e. The molecule has 80 valence electrons. The van der Waals surface area contributed by atoms with Crippen LogP contribution < -0.4 is 0 Å². The van der Waals surface area contributed by atoms with Crippen LogP contribution in [0.2, 0.25) is 0 Å². The lowest BCUT2D eigenvalue weighted by atomic mass is 10.1. The van der Waals surface area contributed by atoms with E-state index in [0.29, 0.717) is 5.92 Å². The quantitative estimate of drug-likeness (QED) is 0.490. The number of rotatable bonds is 1. The van der Waals surface area contributed by atoms with Gasteiger partial charge in [0.15, 0.2) is 0 Å². The summed E-state index contributed by atoms with van der Waals surface area (Å²) in [7, 11) is 8.23. The first-order valence-electron chi connectivity index (χ1n) is 4.60. The molecule has 0 atom stereocenters. The third-order valence-corrected chi connectivity index (χ3v) is 8.42. The molecule has 5 heteroatoms. The molecular weight excluding hydrogens is 213 g/mol. The van der Waals surface area contributed by atoms with E-state index in [4.69, 9.17) is 18.2 Å². The van der Waals surface area contributed by atoms with Crippen LogP contribution in [-0.4, -0.2) is 55.3 Å². The monoisotopic (exact) mass is 231 g/mol. The fourth-order valence-corrected chi connectivity index (χ4v) is 4.85. The Labute approximate surface area is 92.2 Å². The summed E-state index contributed by atoms with van der Waals surface area (Å²) < 4.78 is 6.61. The normalized spacial score (nSPS) is 35.9. The lowest BCUT2D eigenvalue weighted by Crippen LogP contribution is -2.44. The fraction of sp³-hybridized carbons (Fsp3) is 0.778. The maximum absolute atomic E-state index is 5.74. The average Bonchev–Trinajstić information content (AvgIpc) is 2.12. The summed E-state index contributed by atoms with van der Waals surface area (Å²) in [5.41, 5.74) is 0. The molecule has 1 saturated heterocycles. The second kappa shape index (κ2) is 4.30. The Morgan fingerprint density at radius 1 is 1.36 bits per heavy atom. The zero-order valence-electron chi connectivity index (χ0n) is 9.27. The molecule has 0 bridgehead atoms. The van der Waals surface area contributed by atoms with E-state index in [1.54, 1.807) is 0 Å². The van der Waals surface area contributed by atoms with Crippen molar-refractivity contribution < 1.29 is 0 Å². The molecule has 0 aromatic heterocycles. The first-order chi connectivity index (χ1) is 6.42. The summed E-state index contributed by atoms with van der Waals surface area (Å²) >= 11 is 5.74. The number of hydrogen-bond donors (Lipinski definition) is 0. The topological polar surface area (TPSA) is 9.72 Å². The molecule has 1 heterocycles. The highest BCUT2D eigenvalue weighted by Gasteiger charge is 2.36. The van der Waals surface area contributed by atoms with E-state index >= 15 is 0 Å². The van der Waals surface area contributed by atoms with Crippen molar-refractivity contribution >= 4 is 18.3 Å². The maximum atomic E-state index is 5.74. The maximum Gasteiger partial charge on any atom is 0.144 e. The van der Waals surface area contributed by atoms with Gasteiger partial charge in [0.1, 0.15) is 6.49 Å². The highest BCUT2D eigenvalue weighted by atomic mass is 32.4. The molecule has 0 aliphatic carbocycles. The second-order valence-electron chi connectivity index (χ2n) is 3.90. The molecule has 0 spiro atoms. The lowest BCUT2D eigenvalue weighted by Gasteiger charge is -2.48. The molecule has 0 unspecified atom stereocenters. The van der Waals surface area contributed by atoms with Gasteiger partial charge in [-0.25, -0.2) is 0 Å². The number of hydrogen-bond acceptors (Lipinski definition) is 1. The standard InChI is InChI=1S/C9H18N3PS/c1-6-9-7-11(4)13(14,10(2)3)12(5)8-9/h1,9H,7-8H2,2-5H3. The smallest absolute Gasteiger partial charge is 0.144 e. The Morgan fingerprint density at radius 2 is 1.79 bits per heavy atom. The van der Waals surface area contributed by atoms with Crippen molar-refractivity contribution in [3.63, 3.8) is 0 Å². The van der Waals surface area contributed by atoms with E-state index in [2.05, 4.69) is 34.0 Å². The van der Waals surface area contributed by atoms with Crippen LogP contribution in [0.3, 0.4) is 0 Å². The van der Waals surface area contributed by atoms with Gasteiger partial charge in [0.2, 0.25) is 0 Å². The van der Waals surface area contributed by atoms with E-state index in [1.165, 1.54) is 0 Å². The molecule has 0 aromatic carbocycles. The highest BCUT2D eigenvalue weighted by Crippen LogP contribution is 2.55. The summed E-state index contributed by atoms with van der Waals surface area (Å²) in [4.78, 5) is 0. The minimum absolute atomic E-state index is 0.307. The predicted molar refractivity (Wildman–Crippen MR) is 65.6 cm³/mol. The molecule has 1 fully saturated rings. The highest BCUT2D eigenvalue weighted by molar-refractivity contribution is 8.11. The molecule has 1 aliphatic rings. The summed E-state index contributed by atoms with van der Waals surface area (Å²) in [6.45, 7) is 0.146. The zero-order chi connectivity index (χ0) is 10.9. The molecule has 0 N–H and O–H groups in total. The van der Waals surface area contributed by atoms with Crippen molar-refractivity contribution in [3.8, 4) is 12.3 Å². The van der Waals surface area contributed by atoms with Crippen LogP contribution in [0.4, 0.5) is 0 Å². The van der Waals surface area contributed by atoms with Crippen LogP contribution in [-0.2, 0) is 11.8 Å². The van der Waals surface area contributed by atoms with Gasteiger partial charge in [-0.2, -0.15) is 0 Å². The summed E-state index contributed by atoms with van der Waals surface area (Å²) in [6, 6.07) is 0. The van der Waals surface area contributed by atoms with E-state index in [0.717, 1.165) is 13.1 Å². The Morgan fingerprint density at radius 3 is 2.07 bits per heavy atom. The second-order valence-corrected chi connectivity index (χ2v) is 8.57. The van der Waals surface area contributed by atoms with Gasteiger partial charge in [-0.1, -0.05) is 0 Å². The molecule has 14 heavy (non-hydrogen) atoms. The Balaban J connectivity index is 2.92. The molecule has 0 saturated carbocycles. The Kier molecular flexibility index (Phi) is 3.74. The van der Waals surface area contributed by atoms with E-state index in [9.17, 15) is 0 Å². The number of nitrogens with zero attached hydrogens (tertiary/aromatic N) is 3. The van der Waals surface area contributed by atoms with Crippen LogP contribution in [0.5, 0.6) is 0 Å². The molecular formula is C9H18N3PS. The first-order valence-corrected chi connectivity index (χ1v) is 7.26. The number of terminal acetylenes is 1. The van der Waals surface area contributed by atoms with Crippen LogP contribution in [0.15, 0.2) is 0 Å². The zero-order valence-corrected chi connectivity index (χ0v) is 11.0. The van der Waals surface area contributed by atoms with Gasteiger partial charge in [-0.3, -0.25) is 14.0 Å². The van der Waals surface area contributed by atoms with Crippen molar-refractivity contribution in [3.05, 3.63) is 0 Å².